The van der Waals surface area contributed by atoms with E-state index in [1.54, 1.807) is 11.3 Å². The lowest BCUT2D eigenvalue weighted by molar-refractivity contribution is 0.303. The molecule has 0 aliphatic rings. The molecule has 108 valence electrons. The van der Waals surface area contributed by atoms with Gasteiger partial charge in [-0.25, -0.2) is 4.98 Å². The molecule has 0 radical (unpaired) electrons. The first kappa shape index (κ1) is 15.0. The number of rotatable bonds is 5. The van der Waals surface area contributed by atoms with E-state index in [1.807, 2.05) is 31.3 Å². The van der Waals surface area contributed by atoms with Crippen molar-refractivity contribution in [1.82, 2.24) is 10.3 Å². The number of ether oxygens (including phenoxy) is 1. The molecule has 0 aliphatic heterocycles. The van der Waals surface area contributed by atoms with Crippen LogP contribution in [0.1, 0.15) is 36.2 Å². The van der Waals surface area contributed by atoms with Crippen LogP contribution in [-0.2, 0) is 13.2 Å². The molecule has 0 saturated heterocycles. The van der Waals surface area contributed by atoms with Crippen molar-refractivity contribution < 1.29 is 4.74 Å². The van der Waals surface area contributed by atoms with Crippen molar-refractivity contribution in [2.75, 3.05) is 0 Å². The molecule has 1 N–H and O–H groups in total. The molecule has 4 heteroatoms. The van der Waals surface area contributed by atoms with Crippen LogP contribution in [0.2, 0.25) is 0 Å². The Balaban J connectivity index is 2.00. The molecular weight excluding hydrogens is 268 g/mol. The van der Waals surface area contributed by atoms with Crippen LogP contribution in [0.15, 0.2) is 30.5 Å². The smallest absolute Gasteiger partial charge is 0.124 e. The first-order valence-electron chi connectivity index (χ1n) is 6.81. The average molecular weight is 290 g/mol. The molecule has 0 spiro atoms. The molecule has 1 heterocycles. The molecule has 1 aromatic carbocycles. The lowest BCUT2D eigenvalue weighted by Crippen LogP contribution is -2.35. The summed E-state index contributed by atoms with van der Waals surface area (Å²) in [6.45, 7) is 9.89. The molecule has 0 saturated carbocycles. The quantitative estimate of drug-likeness (QED) is 0.906. The van der Waals surface area contributed by atoms with Gasteiger partial charge in [0.05, 0.1) is 9.88 Å². The van der Waals surface area contributed by atoms with Gasteiger partial charge >= 0.3 is 0 Å². The summed E-state index contributed by atoms with van der Waals surface area (Å²) in [6, 6.07) is 8.18. The predicted octanol–water partition coefficient (Wildman–Crippen LogP) is 3.92. The maximum atomic E-state index is 5.93. The number of thiazole rings is 1. The van der Waals surface area contributed by atoms with Crippen LogP contribution >= 0.6 is 11.3 Å². The number of aryl methyl sites for hydroxylation is 1. The molecule has 0 bridgehead atoms. The largest absolute Gasteiger partial charge is 0.488 e. The summed E-state index contributed by atoms with van der Waals surface area (Å²) in [5.74, 6) is 0.940. The zero-order valence-corrected chi connectivity index (χ0v) is 13.4. The SMILES string of the molecule is Cc1ncc(COc2ccccc2CNC(C)(C)C)s1. The maximum absolute atomic E-state index is 5.93. The fraction of sp³-hybridized carbons (Fsp3) is 0.438. The number of hydrogen-bond donors (Lipinski definition) is 1. The highest BCUT2D eigenvalue weighted by Crippen LogP contribution is 2.21. The summed E-state index contributed by atoms with van der Waals surface area (Å²) in [6.07, 6.45) is 1.88. The molecule has 0 aliphatic carbocycles. The summed E-state index contributed by atoms with van der Waals surface area (Å²) >= 11 is 1.68. The van der Waals surface area contributed by atoms with Gasteiger partial charge in [-0.3, -0.25) is 0 Å². The van der Waals surface area contributed by atoms with Crippen LogP contribution in [0.5, 0.6) is 5.75 Å². The third-order valence-corrected chi connectivity index (χ3v) is 3.71. The minimum atomic E-state index is 0.0991. The zero-order chi connectivity index (χ0) is 14.6. The van der Waals surface area contributed by atoms with E-state index in [4.69, 9.17) is 4.74 Å². The highest BCUT2D eigenvalue weighted by atomic mass is 32.1. The molecule has 2 rings (SSSR count). The summed E-state index contributed by atoms with van der Waals surface area (Å²) in [4.78, 5) is 5.40. The minimum Gasteiger partial charge on any atom is -0.488 e. The third kappa shape index (κ3) is 4.62. The van der Waals surface area contributed by atoms with Gasteiger partial charge in [-0.1, -0.05) is 18.2 Å². The third-order valence-electron chi connectivity index (χ3n) is 2.82. The van der Waals surface area contributed by atoms with E-state index in [1.165, 1.54) is 5.56 Å². The Hall–Kier alpha value is -1.39. The number of nitrogens with one attached hydrogen (secondary N) is 1. The normalized spacial score (nSPS) is 11.6. The van der Waals surface area contributed by atoms with Gasteiger partial charge in [-0.15, -0.1) is 11.3 Å². The van der Waals surface area contributed by atoms with Gasteiger partial charge in [0, 0.05) is 23.8 Å². The molecule has 0 atom stereocenters. The van der Waals surface area contributed by atoms with Crippen LogP contribution in [0.25, 0.3) is 0 Å². The Labute approximate surface area is 125 Å². The molecular formula is C16H22N2OS. The molecule has 20 heavy (non-hydrogen) atoms. The number of para-hydroxylation sites is 1. The number of hydrogen-bond acceptors (Lipinski definition) is 4. The van der Waals surface area contributed by atoms with E-state index in [9.17, 15) is 0 Å². The van der Waals surface area contributed by atoms with Crippen LogP contribution in [-0.4, -0.2) is 10.5 Å². The van der Waals surface area contributed by atoms with Crippen LogP contribution in [0, 0.1) is 6.92 Å². The molecule has 0 unspecified atom stereocenters. The Morgan fingerprint density at radius 3 is 2.65 bits per heavy atom. The van der Waals surface area contributed by atoms with Gasteiger partial charge in [-0.05, 0) is 33.8 Å². The Morgan fingerprint density at radius 2 is 2.00 bits per heavy atom. The van der Waals surface area contributed by atoms with E-state index in [0.29, 0.717) is 6.61 Å². The number of benzene rings is 1. The van der Waals surface area contributed by atoms with E-state index >= 15 is 0 Å². The standard InChI is InChI=1S/C16H22N2OS/c1-12-17-10-14(20-12)11-19-15-8-6-5-7-13(15)9-18-16(2,3)4/h5-8,10,18H,9,11H2,1-4H3. The van der Waals surface area contributed by atoms with Crippen molar-refractivity contribution in [3.63, 3.8) is 0 Å². The van der Waals surface area contributed by atoms with Gasteiger partial charge < -0.3 is 10.1 Å². The minimum absolute atomic E-state index is 0.0991. The van der Waals surface area contributed by atoms with Crippen LogP contribution in [0.3, 0.4) is 0 Å². The summed E-state index contributed by atoms with van der Waals surface area (Å²) in [5.41, 5.74) is 1.28. The van der Waals surface area contributed by atoms with Gasteiger partial charge in [0.15, 0.2) is 0 Å². The fourth-order valence-corrected chi connectivity index (χ4v) is 2.48. The van der Waals surface area contributed by atoms with E-state index in [0.717, 1.165) is 22.2 Å². The van der Waals surface area contributed by atoms with E-state index < -0.39 is 0 Å². The maximum Gasteiger partial charge on any atom is 0.124 e. The van der Waals surface area contributed by atoms with Crippen molar-refractivity contribution >= 4 is 11.3 Å². The van der Waals surface area contributed by atoms with Crippen molar-refractivity contribution in [2.24, 2.45) is 0 Å². The van der Waals surface area contributed by atoms with E-state index in [2.05, 4.69) is 37.1 Å². The monoisotopic (exact) mass is 290 g/mol. The van der Waals surface area contributed by atoms with Crippen LogP contribution < -0.4 is 10.1 Å². The summed E-state index contributed by atoms with van der Waals surface area (Å²) < 4.78 is 5.93. The predicted molar refractivity (Wildman–Crippen MR) is 84.2 cm³/mol. The molecule has 2 aromatic rings. The molecule has 1 aromatic heterocycles. The topological polar surface area (TPSA) is 34.1 Å². The highest BCUT2D eigenvalue weighted by Gasteiger charge is 2.11. The second-order valence-electron chi connectivity index (χ2n) is 5.85. The Morgan fingerprint density at radius 1 is 1.25 bits per heavy atom. The fourth-order valence-electron chi connectivity index (χ4n) is 1.77. The number of nitrogens with zero attached hydrogens (tertiary/aromatic N) is 1. The van der Waals surface area contributed by atoms with Crippen LogP contribution in [0.4, 0.5) is 0 Å². The lowest BCUT2D eigenvalue weighted by atomic mass is 10.1. The van der Waals surface area contributed by atoms with Crippen molar-refractivity contribution in [3.8, 4) is 5.75 Å². The second-order valence-corrected chi connectivity index (χ2v) is 7.16. The van der Waals surface area contributed by atoms with Gasteiger partial charge in [0.25, 0.3) is 0 Å². The van der Waals surface area contributed by atoms with Gasteiger partial charge in [0.1, 0.15) is 12.4 Å². The molecule has 0 amide bonds. The Kier molecular flexibility index (Phi) is 4.78. The summed E-state index contributed by atoms with van der Waals surface area (Å²) in [7, 11) is 0. The van der Waals surface area contributed by atoms with Crippen molar-refractivity contribution in [1.29, 1.82) is 0 Å². The van der Waals surface area contributed by atoms with Crippen molar-refractivity contribution in [2.45, 2.75) is 46.4 Å². The number of aromatic nitrogens is 1. The zero-order valence-electron chi connectivity index (χ0n) is 12.6. The first-order chi connectivity index (χ1) is 9.44. The highest BCUT2D eigenvalue weighted by molar-refractivity contribution is 7.11. The first-order valence-corrected chi connectivity index (χ1v) is 7.63. The van der Waals surface area contributed by atoms with Crippen molar-refractivity contribution in [3.05, 3.63) is 45.9 Å². The van der Waals surface area contributed by atoms with Gasteiger partial charge in [-0.2, -0.15) is 0 Å². The Bertz CT molecular complexity index is 558. The molecule has 3 nitrogen and oxygen atoms in total. The second kappa shape index (κ2) is 6.37. The summed E-state index contributed by atoms with van der Waals surface area (Å²) in [5, 5.41) is 4.57. The molecule has 0 fully saturated rings. The van der Waals surface area contributed by atoms with Gasteiger partial charge in [0.2, 0.25) is 0 Å². The average Bonchev–Trinajstić information content (AvgIpc) is 2.80. The van der Waals surface area contributed by atoms with E-state index in [-0.39, 0.29) is 5.54 Å². The lowest BCUT2D eigenvalue weighted by Gasteiger charge is -2.21.